The zero-order valence-electron chi connectivity index (χ0n) is 18.0. The Labute approximate surface area is 175 Å². The van der Waals surface area contributed by atoms with Crippen molar-refractivity contribution in [1.82, 2.24) is 5.32 Å². The van der Waals surface area contributed by atoms with Crippen LogP contribution in [-0.4, -0.2) is 18.8 Å². The molecule has 4 fully saturated rings. The van der Waals surface area contributed by atoms with E-state index in [0.29, 0.717) is 24.0 Å². The van der Waals surface area contributed by atoms with Crippen LogP contribution in [0.3, 0.4) is 0 Å². The standard InChI is InChI=1S/C24H36ClNO2/c1-5-7-28-21-9-19(25)18(8-20(21)27-6-2)13-26-24-12-17-10-22(3,15-24)14-23(4,11-17)16-24/h8-9,17,26H,5-7,10-16H2,1-4H3. The maximum atomic E-state index is 6.65. The Morgan fingerprint density at radius 3 is 2.29 bits per heavy atom. The van der Waals surface area contributed by atoms with Gasteiger partial charge in [-0.15, -0.1) is 0 Å². The molecule has 4 aliphatic rings. The van der Waals surface area contributed by atoms with Crippen LogP contribution in [0.25, 0.3) is 0 Å². The number of halogens is 1. The first-order valence-electron chi connectivity index (χ1n) is 11.1. The number of benzene rings is 1. The highest BCUT2D eigenvalue weighted by Gasteiger charge is 2.59. The van der Waals surface area contributed by atoms with Gasteiger partial charge in [0.05, 0.1) is 13.2 Å². The maximum Gasteiger partial charge on any atom is 0.162 e. The van der Waals surface area contributed by atoms with Gasteiger partial charge in [-0.3, -0.25) is 0 Å². The Balaban J connectivity index is 1.52. The highest BCUT2D eigenvalue weighted by atomic mass is 35.5. The van der Waals surface area contributed by atoms with Crippen molar-refractivity contribution in [2.45, 2.75) is 84.7 Å². The Bertz CT molecular complexity index is 716. The van der Waals surface area contributed by atoms with Gasteiger partial charge in [0.1, 0.15) is 0 Å². The van der Waals surface area contributed by atoms with Gasteiger partial charge in [-0.05, 0) is 80.2 Å². The van der Waals surface area contributed by atoms with E-state index >= 15 is 0 Å². The molecule has 0 saturated heterocycles. The summed E-state index contributed by atoms with van der Waals surface area (Å²) in [7, 11) is 0. The van der Waals surface area contributed by atoms with Crippen LogP contribution in [0.4, 0.5) is 0 Å². The first kappa shape index (κ1) is 20.3. The summed E-state index contributed by atoms with van der Waals surface area (Å²) in [6, 6.07) is 4.01. The van der Waals surface area contributed by atoms with E-state index in [-0.39, 0.29) is 5.54 Å². The summed E-state index contributed by atoms with van der Waals surface area (Å²) in [4.78, 5) is 0. The lowest BCUT2D eigenvalue weighted by Crippen LogP contribution is -2.63. The molecule has 156 valence electrons. The third kappa shape index (κ3) is 3.89. The first-order valence-corrected chi connectivity index (χ1v) is 11.5. The van der Waals surface area contributed by atoms with E-state index in [9.17, 15) is 0 Å². The third-order valence-corrected chi connectivity index (χ3v) is 7.51. The van der Waals surface area contributed by atoms with Crippen molar-refractivity contribution < 1.29 is 9.47 Å². The second-order valence-electron chi connectivity index (χ2n) is 10.4. The Kier molecular flexibility index (Phi) is 5.37. The minimum Gasteiger partial charge on any atom is -0.490 e. The van der Waals surface area contributed by atoms with Gasteiger partial charge in [-0.25, -0.2) is 0 Å². The van der Waals surface area contributed by atoms with Crippen molar-refractivity contribution in [2.75, 3.05) is 13.2 Å². The molecule has 5 rings (SSSR count). The van der Waals surface area contributed by atoms with E-state index in [4.69, 9.17) is 21.1 Å². The molecule has 0 heterocycles. The average molecular weight is 406 g/mol. The van der Waals surface area contributed by atoms with E-state index in [1.165, 1.54) is 38.5 Å². The molecule has 0 amide bonds. The number of hydrogen-bond donors (Lipinski definition) is 1. The Morgan fingerprint density at radius 2 is 1.68 bits per heavy atom. The topological polar surface area (TPSA) is 30.5 Å². The molecule has 1 N–H and O–H groups in total. The molecule has 0 aliphatic heterocycles. The molecule has 28 heavy (non-hydrogen) atoms. The SMILES string of the molecule is CCCOc1cc(Cl)c(CNC23CC4CC(C)(CC(C)(C4)C2)C3)cc1OCC. The van der Waals surface area contributed by atoms with Gasteiger partial charge in [0, 0.05) is 23.2 Å². The monoisotopic (exact) mass is 405 g/mol. The van der Waals surface area contributed by atoms with E-state index in [1.54, 1.807) is 0 Å². The van der Waals surface area contributed by atoms with Crippen LogP contribution < -0.4 is 14.8 Å². The lowest BCUT2D eigenvalue weighted by Gasteiger charge is -2.65. The zero-order valence-corrected chi connectivity index (χ0v) is 18.8. The van der Waals surface area contributed by atoms with Crippen LogP contribution in [-0.2, 0) is 6.54 Å². The van der Waals surface area contributed by atoms with E-state index in [0.717, 1.165) is 41.0 Å². The van der Waals surface area contributed by atoms with Gasteiger partial charge >= 0.3 is 0 Å². The predicted octanol–water partition coefficient (Wildman–Crippen LogP) is 6.37. The fourth-order valence-corrected chi connectivity index (χ4v) is 7.45. The van der Waals surface area contributed by atoms with Crippen molar-refractivity contribution >= 4 is 11.6 Å². The second kappa shape index (κ2) is 7.40. The Hall–Kier alpha value is -0.930. The molecular formula is C24H36ClNO2. The Morgan fingerprint density at radius 1 is 1.00 bits per heavy atom. The maximum absolute atomic E-state index is 6.65. The van der Waals surface area contributed by atoms with Crippen LogP contribution in [0.15, 0.2) is 12.1 Å². The number of rotatable bonds is 8. The fraction of sp³-hybridized carbons (Fsp3) is 0.750. The molecule has 1 aromatic carbocycles. The average Bonchev–Trinajstić information content (AvgIpc) is 2.57. The van der Waals surface area contributed by atoms with Gasteiger partial charge in [0.2, 0.25) is 0 Å². The number of ether oxygens (including phenoxy) is 2. The summed E-state index contributed by atoms with van der Waals surface area (Å²) < 4.78 is 11.7. The summed E-state index contributed by atoms with van der Waals surface area (Å²) in [6.07, 6.45) is 9.15. The van der Waals surface area contributed by atoms with Gasteiger partial charge in [-0.1, -0.05) is 32.4 Å². The molecule has 2 atom stereocenters. The molecule has 4 bridgehead atoms. The number of hydrogen-bond acceptors (Lipinski definition) is 3. The molecule has 4 heteroatoms. The van der Waals surface area contributed by atoms with Gasteiger partial charge < -0.3 is 14.8 Å². The highest BCUT2D eigenvalue weighted by Crippen LogP contribution is 2.66. The summed E-state index contributed by atoms with van der Waals surface area (Å²) in [6.45, 7) is 11.2. The summed E-state index contributed by atoms with van der Waals surface area (Å²) in [5.74, 6) is 2.45. The first-order chi connectivity index (χ1) is 13.3. The van der Waals surface area contributed by atoms with Crippen LogP contribution in [0, 0.1) is 16.7 Å². The van der Waals surface area contributed by atoms with Gasteiger partial charge in [-0.2, -0.15) is 0 Å². The third-order valence-electron chi connectivity index (χ3n) is 7.15. The molecule has 0 aromatic heterocycles. The van der Waals surface area contributed by atoms with Crippen LogP contribution in [0.2, 0.25) is 5.02 Å². The zero-order chi connectivity index (χ0) is 20.0. The van der Waals surface area contributed by atoms with E-state index in [2.05, 4.69) is 32.2 Å². The minimum atomic E-state index is 0.273. The quantitative estimate of drug-likeness (QED) is 0.545. The predicted molar refractivity (Wildman–Crippen MR) is 115 cm³/mol. The smallest absolute Gasteiger partial charge is 0.162 e. The van der Waals surface area contributed by atoms with Crippen molar-refractivity contribution in [2.24, 2.45) is 16.7 Å². The lowest BCUT2D eigenvalue weighted by atomic mass is 9.43. The summed E-state index contributed by atoms with van der Waals surface area (Å²) in [5, 5.41) is 4.75. The van der Waals surface area contributed by atoms with Crippen molar-refractivity contribution in [3.05, 3.63) is 22.7 Å². The molecule has 3 nitrogen and oxygen atoms in total. The highest BCUT2D eigenvalue weighted by molar-refractivity contribution is 6.31. The lowest BCUT2D eigenvalue weighted by molar-refractivity contribution is -0.118. The second-order valence-corrected chi connectivity index (χ2v) is 10.8. The van der Waals surface area contributed by atoms with Gasteiger partial charge in [0.15, 0.2) is 11.5 Å². The molecule has 0 radical (unpaired) electrons. The molecule has 4 aliphatic carbocycles. The normalized spacial score (nSPS) is 36.0. The van der Waals surface area contributed by atoms with Crippen molar-refractivity contribution in [3.63, 3.8) is 0 Å². The van der Waals surface area contributed by atoms with E-state index in [1.807, 2.05) is 13.0 Å². The molecule has 0 spiro atoms. The van der Waals surface area contributed by atoms with Crippen molar-refractivity contribution in [1.29, 1.82) is 0 Å². The van der Waals surface area contributed by atoms with Crippen molar-refractivity contribution in [3.8, 4) is 11.5 Å². The summed E-state index contributed by atoms with van der Waals surface area (Å²) in [5.41, 5.74) is 2.41. The molecule has 1 aromatic rings. The van der Waals surface area contributed by atoms with Crippen LogP contribution >= 0.6 is 11.6 Å². The molecule has 4 saturated carbocycles. The van der Waals surface area contributed by atoms with Crippen LogP contribution in [0.1, 0.15) is 78.2 Å². The molecule has 2 unspecified atom stereocenters. The minimum absolute atomic E-state index is 0.273. The van der Waals surface area contributed by atoms with Gasteiger partial charge in [0.25, 0.3) is 0 Å². The largest absolute Gasteiger partial charge is 0.490 e. The number of nitrogens with one attached hydrogen (secondary N) is 1. The van der Waals surface area contributed by atoms with E-state index < -0.39 is 0 Å². The van der Waals surface area contributed by atoms with Crippen LogP contribution in [0.5, 0.6) is 11.5 Å². The fourth-order valence-electron chi connectivity index (χ4n) is 7.23. The molecular weight excluding hydrogens is 370 g/mol. The summed E-state index contributed by atoms with van der Waals surface area (Å²) >= 11 is 6.65.